The third kappa shape index (κ3) is 3.58. The first-order valence-corrected chi connectivity index (χ1v) is 11.0. The van der Waals surface area contributed by atoms with Crippen LogP contribution in [0.5, 0.6) is 0 Å². The van der Waals surface area contributed by atoms with Crippen molar-refractivity contribution in [3.63, 3.8) is 0 Å². The summed E-state index contributed by atoms with van der Waals surface area (Å²) < 4.78 is 0. The highest BCUT2D eigenvalue weighted by atomic mass is 16.2. The molecule has 1 amide bonds. The maximum Gasteiger partial charge on any atom is 0.246 e. The van der Waals surface area contributed by atoms with Gasteiger partial charge >= 0.3 is 0 Å². The first kappa shape index (κ1) is 21.8. The topological polar surface area (TPSA) is 37.4 Å². The van der Waals surface area contributed by atoms with Crippen molar-refractivity contribution in [3.05, 3.63) is 114 Å². The van der Waals surface area contributed by atoms with Crippen LogP contribution >= 0.6 is 0 Å². The zero-order valence-corrected chi connectivity index (χ0v) is 19.0. The lowest BCUT2D eigenvalue weighted by atomic mass is 9.71. The molecule has 0 spiro atoms. The highest BCUT2D eigenvalue weighted by molar-refractivity contribution is 6.26. The molecule has 1 heterocycles. The number of nitrogens with zero attached hydrogens (tertiary/aromatic N) is 1. The molecule has 0 N–H and O–H groups in total. The van der Waals surface area contributed by atoms with Gasteiger partial charge in [0.2, 0.25) is 5.91 Å². The maximum atomic E-state index is 14.1. The number of ketones is 1. The van der Waals surface area contributed by atoms with Crippen molar-refractivity contribution in [3.8, 4) is 0 Å². The SMILES string of the molecule is C=CCC1(C(=O)c2ccccc2)C(=O)N(Cc2ccccc2)c2ccc(C(C)(C)C)cc21. The molecule has 0 fully saturated rings. The first-order chi connectivity index (χ1) is 15.3. The van der Waals surface area contributed by atoms with Crippen molar-refractivity contribution in [1.29, 1.82) is 0 Å². The van der Waals surface area contributed by atoms with E-state index in [1.54, 1.807) is 23.1 Å². The minimum Gasteiger partial charge on any atom is -0.306 e. The largest absolute Gasteiger partial charge is 0.306 e. The molecule has 3 nitrogen and oxygen atoms in total. The summed E-state index contributed by atoms with van der Waals surface area (Å²) in [5, 5.41) is 0. The minimum atomic E-state index is -1.31. The molecule has 4 rings (SSSR count). The lowest BCUT2D eigenvalue weighted by Gasteiger charge is -2.27. The van der Waals surface area contributed by atoms with Gasteiger partial charge in [-0.15, -0.1) is 6.58 Å². The lowest BCUT2D eigenvalue weighted by Crippen LogP contribution is -2.46. The molecule has 0 bridgehead atoms. The lowest BCUT2D eigenvalue weighted by molar-refractivity contribution is -0.121. The van der Waals surface area contributed by atoms with E-state index in [9.17, 15) is 9.59 Å². The Bertz CT molecular complexity index is 1160. The molecule has 0 radical (unpaired) electrons. The van der Waals surface area contributed by atoms with Gasteiger partial charge in [-0.1, -0.05) is 99.6 Å². The summed E-state index contributed by atoms with van der Waals surface area (Å²) in [6.45, 7) is 10.7. The van der Waals surface area contributed by atoms with Gasteiger partial charge < -0.3 is 4.90 Å². The molecule has 1 unspecified atom stereocenters. The fraction of sp³-hybridized carbons (Fsp3) is 0.241. The molecule has 1 atom stereocenters. The summed E-state index contributed by atoms with van der Waals surface area (Å²) in [6.07, 6.45) is 1.95. The Morgan fingerprint density at radius 2 is 1.59 bits per heavy atom. The van der Waals surface area contributed by atoms with Gasteiger partial charge in [-0.05, 0) is 34.6 Å². The van der Waals surface area contributed by atoms with Crippen LogP contribution in [0.1, 0.15) is 54.2 Å². The Balaban J connectivity index is 1.94. The summed E-state index contributed by atoms with van der Waals surface area (Å²) in [6, 6.07) is 25.1. The Labute approximate surface area is 190 Å². The van der Waals surface area contributed by atoms with Crippen molar-refractivity contribution >= 4 is 17.4 Å². The van der Waals surface area contributed by atoms with E-state index in [2.05, 4.69) is 39.5 Å². The first-order valence-electron chi connectivity index (χ1n) is 11.0. The normalized spacial score (nSPS) is 17.8. The number of hydrogen-bond acceptors (Lipinski definition) is 2. The van der Waals surface area contributed by atoms with Crippen LogP contribution in [0.25, 0.3) is 0 Å². The van der Waals surface area contributed by atoms with E-state index >= 15 is 0 Å². The molecule has 0 saturated heterocycles. The van der Waals surface area contributed by atoms with Gasteiger partial charge in [0.1, 0.15) is 5.41 Å². The zero-order chi connectivity index (χ0) is 22.9. The monoisotopic (exact) mass is 423 g/mol. The van der Waals surface area contributed by atoms with E-state index in [4.69, 9.17) is 0 Å². The summed E-state index contributed by atoms with van der Waals surface area (Å²) >= 11 is 0. The molecule has 0 aliphatic carbocycles. The third-order valence-corrected chi connectivity index (χ3v) is 6.28. The third-order valence-electron chi connectivity index (χ3n) is 6.28. The molecule has 3 aromatic carbocycles. The molecule has 1 aliphatic rings. The van der Waals surface area contributed by atoms with Crippen LogP contribution < -0.4 is 4.90 Å². The second kappa shape index (κ2) is 8.23. The van der Waals surface area contributed by atoms with Gasteiger partial charge in [-0.2, -0.15) is 0 Å². The van der Waals surface area contributed by atoms with Crippen LogP contribution in [-0.4, -0.2) is 11.7 Å². The Kier molecular flexibility index (Phi) is 5.60. The van der Waals surface area contributed by atoms with E-state index < -0.39 is 5.41 Å². The van der Waals surface area contributed by atoms with Crippen molar-refractivity contribution in [2.45, 2.75) is 44.6 Å². The predicted octanol–water partition coefficient (Wildman–Crippen LogP) is 6.23. The number of rotatable bonds is 6. The van der Waals surface area contributed by atoms with E-state index in [-0.39, 0.29) is 23.5 Å². The summed E-state index contributed by atoms with van der Waals surface area (Å²) in [7, 11) is 0. The Morgan fingerprint density at radius 3 is 2.19 bits per heavy atom. The number of carbonyl (C=O) groups excluding carboxylic acids is 2. The molecule has 162 valence electrons. The van der Waals surface area contributed by atoms with Gasteiger partial charge in [0.25, 0.3) is 0 Å². The Morgan fingerprint density at radius 1 is 0.969 bits per heavy atom. The van der Waals surface area contributed by atoms with Crippen LogP contribution in [0, 0.1) is 0 Å². The maximum absolute atomic E-state index is 14.1. The number of allylic oxidation sites excluding steroid dienone is 1. The van der Waals surface area contributed by atoms with Gasteiger partial charge in [0.05, 0.1) is 6.54 Å². The van der Waals surface area contributed by atoms with Crippen molar-refractivity contribution in [2.75, 3.05) is 4.90 Å². The van der Waals surface area contributed by atoms with Crippen LogP contribution in [0.15, 0.2) is 91.5 Å². The van der Waals surface area contributed by atoms with Crippen molar-refractivity contribution < 1.29 is 9.59 Å². The quantitative estimate of drug-likeness (QED) is 0.268. The molecule has 0 aromatic heterocycles. The summed E-state index contributed by atoms with van der Waals surface area (Å²) in [5.74, 6) is -0.359. The number of fused-ring (bicyclic) bond motifs is 1. The summed E-state index contributed by atoms with van der Waals surface area (Å²) in [4.78, 5) is 29.9. The van der Waals surface area contributed by atoms with Gasteiger partial charge in [-0.25, -0.2) is 0 Å². The molecule has 3 heteroatoms. The Hall–Kier alpha value is -3.46. The molecular formula is C29H29NO2. The molecular weight excluding hydrogens is 394 g/mol. The van der Waals surface area contributed by atoms with Crippen molar-refractivity contribution in [2.24, 2.45) is 0 Å². The molecule has 0 saturated carbocycles. The number of Topliss-reactive ketones (excluding diaryl/α,β-unsaturated/α-hetero) is 1. The smallest absolute Gasteiger partial charge is 0.246 e. The number of benzene rings is 3. The second-order valence-electron chi connectivity index (χ2n) is 9.45. The van der Waals surface area contributed by atoms with Gasteiger partial charge in [0.15, 0.2) is 5.78 Å². The van der Waals surface area contributed by atoms with E-state index in [1.165, 1.54) is 0 Å². The number of carbonyl (C=O) groups is 2. The fourth-order valence-electron chi connectivity index (χ4n) is 4.52. The fourth-order valence-corrected chi connectivity index (χ4v) is 4.52. The average molecular weight is 424 g/mol. The second-order valence-corrected chi connectivity index (χ2v) is 9.45. The number of anilines is 1. The van der Waals surface area contributed by atoms with E-state index in [0.717, 1.165) is 22.4 Å². The van der Waals surface area contributed by atoms with Crippen LogP contribution in [0.3, 0.4) is 0 Å². The van der Waals surface area contributed by atoms with Crippen LogP contribution in [0.2, 0.25) is 0 Å². The number of amides is 1. The molecule has 1 aliphatic heterocycles. The van der Waals surface area contributed by atoms with Crippen molar-refractivity contribution in [1.82, 2.24) is 0 Å². The molecule has 3 aromatic rings. The van der Waals surface area contributed by atoms with Gasteiger partial charge in [0, 0.05) is 11.3 Å². The average Bonchev–Trinajstić information content (AvgIpc) is 3.02. The summed E-state index contributed by atoms with van der Waals surface area (Å²) in [5.41, 5.74) is 2.82. The standard InChI is InChI=1S/C29H29NO2/c1-5-18-29(26(31)22-14-10-7-11-15-22)24-19-23(28(2,3)4)16-17-25(24)30(27(29)32)20-21-12-8-6-9-13-21/h5-17,19H,1,18,20H2,2-4H3. The van der Waals surface area contributed by atoms with Crippen LogP contribution in [-0.2, 0) is 22.2 Å². The minimum absolute atomic E-state index is 0.110. The predicted molar refractivity (Wildman–Crippen MR) is 130 cm³/mol. The van der Waals surface area contributed by atoms with Gasteiger partial charge in [-0.3, -0.25) is 9.59 Å². The van der Waals surface area contributed by atoms with E-state index in [1.807, 2.05) is 54.6 Å². The number of hydrogen-bond donors (Lipinski definition) is 0. The zero-order valence-electron chi connectivity index (χ0n) is 19.0. The molecule has 32 heavy (non-hydrogen) atoms. The van der Waals surface area contributed by atoms with E-state index in [0.29, 0.717) is 12.1 Å². The van der Waals surface area contributed by atoms with Crippen LogP contribution in [0.4, 0.5) is 5.69 Å². The highest BCUT2D eigenvalue weighted by Gasteiger charge is 2.55. The highest BCUT2D eigenvalue weighted by Crippen LogP contribution is 2.48.